The molecule has 17 heavy (non-hydrogen) atoms. The first-order valence-corrected chi connectivity index (χ1v) is 5.35. The average Bonchev–Trinajstić information content (AvgIpc) is 2.67. The van der Waals surface area contributed by atoms with Crippen molar-refractivity contribution in [3.8, 4) is 12.1 Å². The van der Waals surface area contributed by atoms with Gasteiger partial charge in [-0.25, -0.2) is 9.88 Å². The lowest BCUT2D eigenvalue weighted by Gasteiger charge is -2.33. The highest BCUT2D eigenvalue weighted by molar-refractivity contribution is 5.90. The lowest BCUT2D eigenvalue weighted by Crippen LogP contribution is -2.51. The molecule has 6 nitrogen and oxygen atoms in total. The van der Waals surface area contributed by atoms with Crippen molar-refractivity contribution in [1.82, 2.24) is 9.88 Å². The number of amides is 1. The summed E-state index contributed by atoms with van der Waals surface area (Å²) < 4.78 is 5.71. The van der Waals surface area contributed by atoms with Crippen LogP contribution in [0, 0.1) is 11.5 Å². The topological polar surface area (TPSA) is 78.2 Å². The molecule has 6 heteroatoms. The molecule has 1 N–H and O–H groups in total. The van der Waals surface area contributed by atoms with Crippen LogP contribution in [0.2, 0.25) is 0 Å². The highest BCUT2D eigenvalue weighted by Crippen LogP contribution is 2.35. The van der Waals surface area contributed by atoms with Gasteiger partial charge in [0.2, 0.25) is 11.5 Å². The minimum Gasteiger partial charge on any atom is -0.457 e. The molecule has 1 atom stereocenters. The molecule has 2 aliphatic rings. The number of pyridine rings is 1. The van der Waals surface area contributed by atoms with E-state index in [0.29, 0.717) is 25.4 Å². The summed E-state index contributed by atoms with van der Waals surface area (Å²) in [4.78, 5) is 17.3. The van der Waals surface area contributed by atoms with Gasteiger partial charge in [0.1, 0.15) is 0 Å². The molecule has 86 valence electrons. The first-order valence-electron chi connectivity index (χ1n) is 5.35. The smallest absolute Gasteiger partial charge is 0.281 e. The van der Waals surface area contributed by atoms with E-state index in [1.54, 1.807) is 12.3 Å². The summed E-state index contributed by atoms with van der Waals surface area (Å²) in [6.07, 6.45) is 3.98. The fourth-order valence-corrected chi connectivity index (χ4v) is 2.17. The minimum atomic E-state index is -0.961. The molecule has 1 saturated heterocycles. The third-order valence-corrected chi connectivity index (χ3v) is 3.12. The van der Waals surface area contributed by atoms with Gasteiger partial charge < -0.3 is 10.1 Å². The number of nitrogens with zero attached hydrogens (tertiary/aromatic N) is 3. The van der Waals surface area contributed by atoms with Crippen LogP contribution in [0.15, 0.2) is 18.3 Å². The van der Waals surface area contributed by atoms with Gasteiger partial charge in [0.15, 0.2) is 6.19 Å². The Labute approximate surface area is 97.8 Å². The van der Waals surface area contributed by atoms with Gasteiger partial charge in [-0.2, -0.15) is 5.26 Å². The van der Waals surface area contributed by atoms with Crippen molar-refractivity contribution in [2.24, 2.45) is 0 Å². The minimum absolute atomic E-state index is 0.288. The van der Waals surface area contributed by atoms with Crippen molar-refractivity contribution in [3.05, 3.63) is 18.3 Å². The van der Waals surface area contributed by atoms with Crippen LogP contribution in [-0.4, -0.2) is 34.5 Å². The summed E-state index contributed by atoms with van der Waals surface area (Å²) in [7, 11) is 0. The number of likely N-dealkylation sites (tertiary alicyclic amines) is 1. The maximum atomic E-state index is 12.0. The molecule has 1 aromatic heterocycles. The quantitative estimate of drug-likeness (QED) is 0.650. The van der Waals surface area contributed by atoms with Crippen LogP contribution in [0.4, 0.5) is 5.69 Å². The summed E-state index contributed by atoms with van der Waals surface area (Å²) >= 11 is 0. The van der Waals surface area contributed by atoms with E-state index < -0.39 is 5.60 Å². The van der Waals surface area contributed by atoms with Gasteiger partial charge in [0, 0.05) is 19.2 Å². The van der Waals surface area contributed by atoms with Gasteiger partial charge in [-0.05, 0) is 12.1 Å². The van der Waals surface area contributed by atoms with E-state index in [1.165, 1.54) is 0 Å². The number of carbonyl (C=O) groups excluding carboxylic acids is 1. The third-order valence-electron chi connectivity index (χ3n) is 3.12. The number of anilines is 1. The number of nitrogens with one attached hydrogen (secondary N) is 1. The standard InChI is InChI=1S/C11H10N4O2/c12-7-15-5-3-11(10(15)16)6-14-8-2-1-4-13-9(8)17-11/h1-2,4,14H,3,5-6H2/t11-/m0/s1. The second kappa shape index (κ2) is 3.35. The number of nitriles is 1. The molecule has 2 aliphatic heterocycles. The lowest BCUT2D eigenvalue weighted by atomic mass is 10.0. The molecule has 1 fully saturated rings. The molecule has 0 radical (unpaired) electrons. The molecule has 3 rings (SSSR count). The predicted octanol–water partition coefficient (Wildman–Crippen LogP) is 0.338. The number of ether oxygens (including phenoxy) is 1. The van der Waals surface area contributed by atoms with Crippen LogP contribution in [0.25, 0.3) is 0 Å². The van der Waals surface area contributed by atoms with Crippen LogP contribution in [0.1, 0.15) is 6.42 Å². The van der Waals surface area contributed by atoms with Gasteiger partial charge in [0.25, 0.3) is 5.91 Å². The van der Waals surface area contributed by atoms with Crippen molar-refractivity contribution in [2.75, 3.05) is 18.4 Å². The number of carbonyl (C=O) groups is 1. The van der Waals surface area contributed by atoms with E-state index in [9.17, 15) is 4.79 Å². The van der Waals surface area contributed by atoms with Gasteiger partial charge in [-0.1, -0.05) is 0 Å². The first kappa shape index (κ1) is 9.90. The summed E-state index contributed by atoms with van der Waals surface area (Å²) in [5.41, 5.74) is -0.182. The SMILES string of the molecule is N#CN1CC[C@]2(CNc3cccnc3O2)C1=O. The monoisotopic (exact) mass is 230 g/mol. The molecule has 1 spiro atoms. The summed E-state index contributed by atoms with van der Waals surface area (Å²) in [5, 5.41) is 11.9. The van der Waals surface area contributed by atoms with Crippen LogP contribution in [0.5, 0.6) is 5.88 Å². The molecular weight excluding hydrogens is 220 g/mol. The summed E-state index contributed by atoms with van der Waals surface area (Å²) in [5.74, 6) is 0.135. The zero-order valence-corrected chi connectivity index (χ0v) is 9.01. The fraction of sp³-hybridized carbons (Fsp3) is 0.364. The van der Waals surface area contributed by atoms with E-state index in [2.05, 4.69) is 10.3 Å². The Bertz CT molecular complexity index is 524. The second-order valence-corrected chi connectivity index (χ2v) is 4.11. The summed E-state index contributed by atoms with van der Waals surface area (Å²) in [6.45, 7) is 0.780. The highest BCUT2D eigenvalue weighted by atomic mass is 16.5. The molecule has 3 heterocycles. The Kier molecular flexibility index (Phi) is 1.95. The Balaban J connectivity index is 1.94. The Hall–Kier alpha value is -2.29. The Morgan fingerprint density at radius 1 is 1.65 bits per heavy atom. The van der Waals surface area contributed by atoms with Crippen molar-refractivity contribution >= 4 is 11.6 Å². The number of hydrogen-bond donors (Lipinski definition) is 1. The number of hydrogen-bond acceptors (Lipinski definition) is 5. The largest absolute Gasteiger partial charge is 0.457 e. The van der Waals surface area contributed by atoms with E-state index >= 15 is 0 Å². The molecular formula is C11H10N4O2. The maximum absolute atomic E-state index is 12.0. The summed E-state index contributed by atoms with van der Waals surface area (Å²) in [6, 6.07) is 3.64. The van der Waals surface area contributed by atoms with Gasteiger partial charge in [0.05, 0.1) is 12.2 Å². The highest BCUT2D eigenvalue weighted by Gasteiger charge is 2.51. The number of aromatic nitrogens is 1. The molecule has 0 aromatic carbocycles. The van der Waals surface area contributed by atoms with Crippen molar-refractivity contribution in [1.29, 1.82) is 5.26 Å². The van der Waals surface area contributed by atoms with Gasteiger partial charge in [-0.15, -0.1) is 0 Å². The molecule has 0 saturated carbocycles. The fourth-order valence-electron chi connectivity index (χ4n) is 2.17. The first-order chi connectivity index (χ1) is 8.25. The predicted molar refractivity (Wildman–Crippen MR) is 58.0 cm³/mol. The van der Waals surface area contributed by atoms with Crippen molar-refractivity contribution in [3.63, 3.8) is 0 Å². The maximum Gasteiger partial charge on any atom is 0.281 e. The lowest BCUT2D eigenvalue weighted by molar-refractivity contribution is -0.138. The normalized spacial score (nSPS) is 26.1. The zero-order valence-electron chi connectivity index (χ0n) is 9.01. The third kappa shape index (κ3) is 1.32. The van der Waals surface area contributed by atoms with E-state index in [1.807, 2.05) is 12.3 Å². The van der Waals surface area contributed by atoms with Crippen LogP contribution in [0.3, 0.4) is 0 Å². The van der Waals surface area contributed by atoms with Crippen molar-refractivity contribution < 1.29 is 9.53 Å². The van der Waals surface area contributed by atoms with Crippen molar-refractivity contribution in [2.45, 2.75) is 12.0 Å². The second-order valence-electron chi connectivity index (χ2n) is 4.11. The molecule has 1 amide bonds. The molecule has 0 unspecified atom stereocenters. The number of fused-ring (bicyclic) bond motifs is 1. The van der Waals surface area contributed by atoms with E-state index in [0.717, 1.165) is 10.6 Å². The molecule has 0 bridgehead atoms. The van der Waals surface area contributed by atoms with Crippen LogP contribution in [-0.2, 0) is 4.79 Å². The molecule has 1 aromatic rings. The molecule has 0 aliphatic carbocycles. The van der Waals surface area contributed by atoms with E-state index in [-0.39, 0.29) is 5.91 Å². The Morgan fingerprint density at radius 2 is 2.53 bits per heavy atom. The van der Waals surface area contributed by atoms with Gasteiger partial charge >= 0.3 is 0 Å². The van der Waals surface area contributed by atoms with Crippen LogP contribution >= 0.6 is 0 Å². The van der Waals surface area contributed by atoms with E-state index in [4.69, 9.17) is 10.00 Å². The van der Waals surface area contributed by atoms with Crippen LogP contribution < -0.4 is 10.1 Å². The number of rotatable bonds is 0. The van der Waals surface area contributed by atoms with Gasteiger partial charge in [-0.3, -0.25) is 4.79 Å². The average molecular weight is 230 g/mol. The zero-order chi connectivity index (χ0) is 11.9. The Morgan fingerprint density at radius 3 is 3.29 bits per heavy atom.